The number of rotatable bonds is 2. The number of aromatic nitrogens is 2. The average Bonchev–Trinajstić information content (AvgIpc) is 2.77. The van der Waals surface area contributed by atoms with Gasteiger partial charge in [0.1, 0.15) is 5.75 Å². The largest absolute Gasteiger partial charge is 0.507 e. The van der Waals surface area contributed by atoms with E-state index < -0.39 is 0 Å². The summed E-state index contributed by atoms with van der Waals surface area (Å²) in [6.07, 6.45) is 2.59. The van der Waals surface area contributed by atoms with Crippen LogP contribution >= 0.6 is 0 Å². The maximum absolute atomic E-state index is 11.1. The van der Waals surface area contributed by atoms with Gasteiger partial charge < -0.3 is 9.67 Å². The molecule has 0 unspecified atom stereocenters. The summed E-state index contributed by atoms with van der Waals surface area (Å²) in [4.78, 5) is 15.4. The lowest BCUT2D eigenvalue weighted by atomic mass is 9.78. The van der Waals surface area contributed by atoms with Crippen LogP contribution in [0.15, 0.2) is 18.3 Å². The topological polar surface area (TPSA) is 55.1 Å². The van der Waals surface area contributed by atoms with Crippen molar-refractivity contribution in [2.24, 2.45) is 7.05 Å². The normalized spacial score (nSPS) is 12.5. The van der Waals surface area contributed by atoms with Gasteiger partial charge in [-0.2, -0.15) is 0 Å². The fourth-order valence-electron chi connectivity index (χ4n) is 2.66. The lowest BCUT2D eigenvalue weighted by molar-refractivity contribution is 0.111. The molecule has 0 atom stereocenters. The zero-order chi connectivity index (χ0) is 17.6. The van der Waals surface area contributed by atoms with E-state index >= 15 is 0 Å². The molecule has 1 aromatic carbocycles. The number of carbonyl (C=O) groups is 1. The molecule has 0 amide bonds. The van der Waals surface area contributed by atoms with E-state index in [4.69, 9.17) is 0 Å². The van der Waals surface area contributed by atoms with Crippen LogP contribution in [0.25, 0.3) is 11.3 Å². The van der Waals surface area contributed by atoms with E-state index in [1.165, 1.54) is 0 Å². The first-order valence-corrected chi connectivity index (χ1v) is 7.82. The molecule has 0 aliphatic heterocycles. The third-order valence-electron chi connectivity index (χ3n) is 4.04. The van der Waals surface area contributed by atoms with Gasteiger partial charge >= 0.3 is 0 Å². The van der Waals surface area contributed by atoms with Crippen molar-refractivity contribution in [1.82, 2.24) is 9.55 Å². The Morgan fingerprint density at radius 2 is 1.52 bits per heavy atom. The zero-order valence-corrected chi connectivity index (χ0v) is 15.1. The molecule has 1 aromatic heterocycles. The number of benzene rings is 1. The van der Waals surface area contributed by atoms with Gasteiger partial charge in [-0.3, -0.25) is 4.79 Å². The highest BCUT2D eigenvalue weighted by molar-refractivity contribution is 5.73. The Morgan fingerprint density at radius 1 is 1.04 bits per heavy atom. The van der Waals surface area contributed by atoms with Gasteiger partial charge in [-0.25, -0.2) is 4.98 Å². The Kier molecular flexibility index (Phi) is 4.14. The predicted octanol–water partition coefficient (Wildman–Crippen LogP) is 4.20. The Bertz CT molecular complexity index is 709. The third-order valence-corrected chi connectivity index (χ3v) is 4.04. The second kappa shape index (κ2) is 5.52. The average molecular weight is 314 g/mol. The van der Waals surface area contributed by atoms with Crippen LogP contribution in [0.3, 0.4) is 0 Å². The van der Waals surface area contributed by atoms with Crippen molar-refractivity contribution in [3.63, 3.8) is 0 Å². The molecule has 0 bridgehead atoms. The number of hydrogen-bond acceptors (Lipinski definition) is 3. The standard InChI is InChI=1S/C19H26N2O2/c1-18(2,3)13-8-12(9-14(17(13)23)19(4,5)6)15-10-21(7)16(11-22)20-15/h8-11,23H,1-7H3. The van der Waals surface area contributed by atoms with Gasteiger partial charge in [-0.15, -0.1) is 0 Å². The molecule has 0 saturated heterocycles. The molecule has 0 aliphatic carbocycles. The number of carbonyl (C=O) groups excluding carboxylic acids is 1. The second-order valence-electron chi connectivity index (χ2n) is 8.13. The highest BCUT2D eigenvalue weighted by Crippen LogP contribution is 2.41. The molecule has 2 aromatic rings. The molecule has 124 valence electrons. The Balaban J connectivity index is 2.76. The van der Waals surface area contributed by atoms with Crippen molar-refractivity contribution >= 4 is 6.29 Å². The van der Waals surface area contributed by atoms with Crippen molar-refractivity contribution in [1.29, 1.82) is 0 Å². The van der Waals surface area contributed by atoms with Crippen LogP contribution in [0, 0.1) is 0 Å². The highest BCUT2D eigenvalue weighted by atomic mass is 16.3. The van der Waals surface area contributed by atoms with E-state index in [-0.39, 0.29) is 10.8 Å². The number of hydrogen-bond donors (Lipinski definition) is 1. The number of nitrogens with zero attached hydrogens (tertiary/aromatic N) is 2. The molecule has 0 radical (unpaired) electrons. The van der Waals surface area contributed by atoms with Crippen molar-refractivity contribution in [3.05, 3.63) is 35.3 Å². The Labute approximate surface area is 138 Å². The molecule has 1 N–H and O–H groups in total. The highest BCUT2D eigenvalue weighted by Gasteiger charge is 2.27. The smallest absolute Gasteiger partial charge is 0.185 e. The minimum atomic E-state index is -0.192. The fraction of sp³-hybridized carbons (Fsp3) is 0.474. The summed E-state index contributed by atoms with van der Waals surface area (Å²) in [5.41, 5.74) is 3.05. The van der Waals surface area contributed by atoms with Crippen molar-refractivity contribution < 1.29 is 9.90 Å². The third kappa shape index (κ3) is 3.31. The molecule has 2 rings (SSSR count). The van der Waals surface area contributed by atoms with Crippen LogP contribution in [0.1, 0.15) is 63.3 Å². The molecule has 0 spiro atoms. The van der Waals surface area contributed by atoms with Gasteiger partial charge in [0.05, 0.1) is 5.69 Å². The first kappa shape index (κ1) is 17.3. The van der Waals surface area contributed by atoms with Crippen molar-refractivity contribution in [2.45, 2.75) is 52.4 Å². The lowest BCUT2D eigenvalue weighted by Crippen LogP contribution is -2.17. The Morgan fingerprint density at radius 3 is 1.87 bits per heavy atom. The van der Waals surface area contributed by atoms with Gasteiger partial charge in [-0.1, -0.05) is 41.5 Å². The maximum atomic E-state index is 11.1. The molecule has 1 heterocycles. The molecule has 0 fully saturated rings. The van der Waals surface area contributed by atoms with E-state index in [1.807, 2.05) is 18.3 Å². The molecule has 23 heavy (non-hydrogen) atoms. The van der Waals surface area contributed by atoms with Crippen LogP contribution in [0.2, 0.25) is 0 Å². The van der Waals surface area contributed by atoms with Gasteiger partial charge in [-0.05, 0) is 23.0 Å². The first-order valence-electron chi connectivity index (χ1n) is 7.82. The SMILES string of the molecule is Cn1cc(-c2cc(C(C)(C)C)c(O)c(C(C)(C)C)c2)nc1C=O. The van der Waals surface area contributed by atoms with E-state index in [0.29, 0.717) is 11.6 Å². The van der Waals surface area contributed by atoms with E-state index in [9.17, 15) is 9.90 Å². The van der Waals surface area contributed by atoms with Crippen LogP contribution in [0.5, 0.6) is 5.75 Å². The summed E-state index contributed by atoms with van der Waals surface area (Å²) >= 11 is 0. The number of phenols is 1. The summed E-state index contributed by atoms with van der Waals surface area (Å²) < 4.78 is 1.71. The van der Waals surface area contributed by atoms with Crippen LogP contribution in [-0.2, 0) is 17.9 Å². The summed E-state index contributed by atoms with van der Waals surface area (Å²) in [6, 6.07) is 3.95. The monoisotopic (exact) mass is 314 g/mol. The minimum absolute atomic E-state index is 0.192. The number of aryl methyl sites for hydroxylation is 1. The molecule has 4 heteroatoms. The first-order chi connectivity index (χ1) is 10.4. The molecular formula is C19H26N2O2. The van der Waals surface area contributed by atoms with Crippen LogP contribution in [-0.4, -0.2) is 20.9 Å². The fourth-order valence-corrected chi connectivity index (χ4v) is 2.66. The van der Waals surface area contributed by atoms with Gasteiger partial charge in [0.15, 0.2) is 12.1 Å². The number of imidazole rings is 1. The maximum Gasteiger partial charge on any atom is 0.185 e. The summed E-state index contributed by atoms with van der Waals surface area (Å²) in [5, 5.41) is 10.8. The molecular weight excluding hydrogens is 288 g/mol. The number of aldehydes is 1. The van der Waals surface area contributed by atoms with Gasteiger partial charge in [0, 0.05) is 29.9 Å². The summed E-state index contributed by atoms with van der Waals surface area (Å²) in [7, 11) is 1.80. The van der Waals surface area contributed by atoms with Gasteiger partial charge in [0.25, 0.3) is 0 Å². The second-order valence-corrected chi connectivity index (χ2v) is 8.13. The quantitative estimate of drug-likeness (QED) is 0.845. The molecule has 0 aliphatic rings. The summed E-state index contributed by atoms with van der Waals surface area (Å²) in [6.45, 7) is 12.5. The summed E-state index contributed by atoms with van der Waals surface area (Å²) in [5.74, 6) is 0.739. The molecule has 0 saturated carbocycles. The van der Waals surface area contributed by atoms with Crippen molar-refractivity contribution in [2.75, 3.05) is 0 Å². The van der Waals surface area contributed by atoms with Gasteiger partial charge in [0.2, 0.25) is 0 Å². The van der Waals surface area contributed by atoms with E-state index in [1.54, 1.807) is 11.6 Å². The zero-order valence-electron chi connectivity index (χ0n) is 15.1. The molecule has 4 nitrogen and oxygen atoms in total. The number of phenolic OH excluding ortho intramolecular Hbond substituents is 1. The van der Waals surface area contributed by atoms with Crippen LogP contribution in [0.4, 0.5) is 0 Å². The van der Waals surface area contributed by atoms with E-state index in [0.717, 1.165) is 28.7 Å². The van der Waals surface area contributed by atoms with E-state index in [2.05, 4.69) is 46.5 Å². The number of aromatic hydroxyl groups is 1. The van der Waals surface area contributed by atoms with Crippen molar-refractivity contribution in [3.8, 4) is 17.0 Å². The predicted molar refractivity (Wildman–Crippen MR) is 93.1 cm³/mol. The van der Waals surface area contributed by atoms with Crippen LogP contribution < -0.4 is 0 Å². The lowest BCUT2D eigenvalue weighted by Gasteiger charge is -2.28. The Hall–Kier alpha value is -2.10. The minimum Gasteiger partial charge on any atom is -0.507 e.